The van der Waals surface area contributed by atoms with Crippen LogP contribution in [0.5, 0.6) is 0 Å². The zero-order valence-corrected chi connectivity index (χ0v) is 13.4. The molecule has 3 rings (SSSR count). The molecule has 0 spiro atoms. The van der Waals surface area contributed by atoms with Crippen LogP contribution in [0.25, 0.3) is 0 Å². The third kappa shape index (κ3) is 4.93. The molecule has 5 heteroatoms. The van der Waals surface area contributed by atoms with E-state index in [9.17, 15) is 4.79 Å². The van der Waals surface area contributed by atoms with E-state index < -0.39 is 0 Å². The van der Waals surface area contributed by atoms with Gasteiger partial charge in [0.15, 0.2) is 0 Å². The molecule has 0 bridgehead atoms. The maximum Gasteiger partial charge on any atom is 0.234 e. The third-order valence-corrected chi connectivity index (χ3v) is 4.41. The number of carbonyl (C=O) groups is 1. The van der Waals surface area contributed by atoms with Crippen molar-refractivity contribution in [3.05, 3.63) is 54.4 Å². The van der Waals surface area contributed by atoms with Gasteiger partial charge in [0.2, 0.25) is 5.91 Å². The third-order valence-electron chi connectivity index (χ3n) is 4.41. The second kappa shape index (κ2) is 7.92. The fraction of sp³-hybridized carbons (Fsp3) is 0.444. The molecule has 1 fully saturated rings. The SMILES string of the molecule is O=C(CN1CCC(Cn2cccn2)CC1)NCc1ccccc1. The summed E-state index contributed by atoms with van der Waals surface area (Å²) < 4.78 is 2.01. The van der Waals surface area contributed by atoms with Gasteiger partial charge in [-0.15, -0.1) is 0 Å². The summed E-state index contributed by atoms with van der Waals surface area (Å²) in [4.78, 5) is 14.3. The largest absolute Gasteiger partial charge is 0.351 e. The molecule has 0 saturated carbocycles. The molecule has 2 heterocycles. The molecule has 1 saturated heterocycles. The van der Waals surface area contributed by atoms with Crippen molar-refractivity contribution in [2.75, 3.05) is 19.6 Å². The summed E-state index contributed by atoms with van der Waals surface area (Å²) in [5, 5.41) is 7.27. The van der Waals surface area contributed by atoms with Gasteiger partial charge in [-0.25, -0.2) is 0 Å². The number of hydrogen-bond donors (Lipinski definition) is 1. The van der Waals surface area contributed by atoms with Gasteiger partial charge in [0.05, 0.1) is 6.54 Å². The van der Waals surface area contributed by atoms with E-state index in [0.717, 1.165) is 38.0 Å². The van der Waals surface area contributed by atoms with Gasteiger partial charge in [0, 0.05) is 25.5 Å². The summed E-state index contributed by atoms with van der Waals surface area (Å²) in [6.45, 7) is 4.08. The van der Waals surface area contributed by atoms with Gasteiger partial charge in [-0.05, 0) is 43.5 Å². The first-order chi connectivity index (χ1) is 11.3. The van der Waals surface area contributed by atoms with E-state index in [-0.39, 0.29) is 5.91 Å². The Morgan fingerprint density at radius 2 is 1.96 bits per heavy atom. The second-order valence-corrected chi connectivity index (χ2v) is 6.21. The van der Waals surface area contributed by atoms with E-state index >= 15 is 0 Å². The van der Waals surface area contributed by atoms with Gasteiger partial charge >= 0.3 is 0 Å². The molecule has 1 aliphatic rings. The number of nitrogens with zero attached hydrogens (tertiary/aromatic N) is 3. The lowest BCUT2D eigenvalue weighted by atomic mass is 9.97. The van der Waals surface area contributed by atoms with Crippen LogP contribution >= 0.6 is 0 Å². The lowest BCUT2D eigenvalue weighted by Gasteiger charge is -2.31. The molecule has 1 amide bonds. The average Bonchev–Trinajstić information content (AvgIpc) is 3.09. The Hall–Kier alpha value is -2.14. The Balaban J connectivity index is 1.36. The minimum absolute atomic E-state index is 0.111. The number of aromatic nitrogens is 2. The summed E-state index contributed by atoms with van der Waals surface area (Å²) in [6.07, 6.45) is 6.10. The highest BCUT2D eigenvalue weighted by molar-refractivity contribution is 5.78. The van der Waals surface area contributed by atoms with E-state index in [1.807, 2.05) is 53.5 Å². The molecule has 0 unspecified atom stereocenters. The summed E-state index contributed by atoms with van der Waals surface area (Å²) in [6, 6.07) is 12.0. The lowest BCUT2D eigenvalue weighted by molar-refractivity contribution is -0.122. The summed E-state index contributed by atoms with van der Waals surface area (Å²) >= 11 is 0. The van der Waals surface area contributed by atoms with Crippen LogP contribution in [0.2, 0.25) is 0 Å². The molecule has 0 aliphatic carbocycles. The van der Waals surface area contributed by atoms with Crippen molar-refractivity contribution >= 4 is 5.91 Å². The molecule has 5 nitrogen and oxygen atoms in total. The minimum atomic E-state index is 0.111. The molecule has 0 atom stereocenters. The fourth-order valence-electron chi connectivity index (χ4n) is 3.06. The lowest BCUT2D eigenvalue weighted by Crippen LogP contribution is -2.41. The van der Waals surface area contributed by atoms with Gasteiger partial charge in [-0.1, -0.05) is 30.3 Å². The van der Waals surface area contributed by atoms with Crippen molar-refractivity contribution in [3.63, 3.8) is 0 Å². The highest BCUT2D eigenvalue weighted by Crippen LogP contribution is 2.18. The van der Waals surface area contributed by atoms with Crippen LogP contribution in [0.3, 0.4) is 0 Å². The Morgan fingerprint density at radius 1 is 1.17 bits per heavy atom. The Morgan fingerprint density at radius 3 is 2.65 bits per heavy atom. The zero-order valence-electron chi connectivity index (χ0n) is 13.4. The quantitative estimate of drug-likeness (QED) is 0.886. The van der Waals surface area contributed by atoms with E-state index in [0.29, 0.717) is 19.0 Å². The van der Waals surface area contributed by atoms with Crippen LogP contribution in [0.15, 0.2) is 48.8 Å². The summed E-state index contributed by atoms with van der Waals surface area (Å²) in [7, 11) is 0. The molecule has 1 aliphatic heterocycles. The van der Waals surface area contributed by atoms with Crippen LogP contribution < -0.4 is 5.32 Å². The molecule has 1 N–H and O–H groups in total. The van der Waals surface area contributed by atoms with Crippen molar-refractivity contribution in [1.29, 1.82) is 0 Å². The monoisotopic (exact) mass is 312 g/mol. The number of benzene rings is 1. The molecule has 1 aromatic heterocycles. The highest BCUT2D eigenvalue weighted by Gasteiger charge is 2.21. The topological polar surface area (TPSA) is 50.2 Å². The molecule has 0 radical (unpaired) electrons. The number of nitrogens with one attached hydrogen (secondary N) is 1. The van der Waals surface area contributed by atoms with Gasteiger partial charge < -0.3 is 5.32 Å². The van der Waals surface area contributed by atoms with Gasteiger partial charge in [0.1, 0.15) is 0 Å². The standard InChI is InChI=1S/C18H24N4O/c23-18(19-13-16-5-2-1-3-6-16)15-21-11-7-17(8-12-21)14-22-10-4-9-20-22/h1-6,9-10,17H,7-8,11-15H2,(H,19,23). The first-order valence-corrected chi connectivity index (χ1v) is 8.30. The molecule has 23 heavy (non-hydrogen) atoms. The van der Waals surface area contributed by atoms with Crippen molar-refractivity contribution in [2.45, 2.75) is 25.9 Å². The molecular formula is C18H24N4O. The Labute approximate surface area is 137 Å². The van der Waals surface area contributed by atoms with E-state index in [4.69, 9.17) is 0 Å². The Kier molecular flexibility index (Phi) is 5.42. The fourth-order valence-corrected chi connectivity index (χ4v) is 3.06. The van der Waals surface area contributed by atoms with Gasteiger partial charge in [0.25, 0.3) is 0 Å². The highest BCUT2D eigenvalue weighted by atomic mass is 16.2. The number of carbonyl (C=O) groups excluding carboxylic acids is 1. The van der Waals surface area contributed by atoms with Crippen molar-refractivity contribution in [2.24, 2.45) is 5.92 Å². The number of rotatable bonds is 6. The number of amides is 1. The van der Waals surface area contributed by atoms with Crippen molar-refractivity contribution in [1.82, 2.24) is 20.0 Å². The summed E-state index contributed by atoms with van der Waals surface area (Å²) in [5.74, 6) is 0.776. The predicted octanol–water partition coefficient (Wildman–Crippen LogP) is 1.91. The van der Waals surface area contributed by atoms with Crippen LogP contribution in [0.4, 0.5) is 0 Å². The molecule has 122 valence electrons. The molecule has 1 aromatic carbocycles. The smallest absolute Gasteiger partial charge is 0.234 e. The van der Waals surface area contributed by atoms with Crippen molar-refractivity contribution in [3.8, 4) is 0 Å². The normalized spacial score (nSPS) is 16.3. The van der Waals surface area contributed by atoms with Crippen LogP contribution in [0, 0.1) is 5.92 Å². The van der Waals surface area contributed by atoms with Gasteiger partial charge in [-0.2, -0.15) is 5.10 Å². The maximum absolute atomic E-state index is 12.1. The van der Waals surface area contributed by atoms with Crippen LogP contribution in [-0.2, 0) is 17.9 Å². The van der Waals surface area contributed by atoms with E-state index in [1.54, 1.807) is 0 Å². The molecule has 2 aromatic rings. The zero-order chi connectivity index (χ0) is 15.9. The predicted molar refractivity (Wildman–Crippen MR) is 89.7 cm³/mol. The Bertz CT molecular complexity index is 589. The van der Waals surface area contributed by atoms with Crippen LogP contribution in [-0.4, -0.2) is 40.2 Å². The van der Waals surface area contributed by atoms with Gasteiger partial charge in [-0.3, -0.25) is 14.4 Å². The van der Waals surface area contributed by atoms with Crippen molar-refractivity contribution < 1.29 is 4.79 Å². The molecular weight excluding hydrogens is 288 g/mol. The van der Waals surface area contributed by atoms with Crippen LogP contribution in [0.1, 0.15) is 18.4 Å². The first-order valence-electron chi connectivity index (χ1n) is 8.30. The maximum atomic E-state index is 12.1. The first kappa shape index (κ1) is 15.7. The van der Waals surface area contributed by atoms with E-state index in [2.05, 4.69) is 15.3 Å². The average molecular weight is 312 g/mol. The summed E-state index contributed by atoms with van der Waals surface area (Å²) in [5.41, 5.74) is 1.14. The second-order valence-electron chi connectivity index (χ2n) is 6.21. The minimum Gasteiger partial charge on any atom is -0.351 e. The number of piperidine rings is 1. The van der Waals surface area contributed by atoms with E-state index in [1.165, 1.54) is 0 Å². The number of likely N-dealkylation sites (tertiary alicyclic amines) is 1. The number of hydrogen-bond acceptors (Lipinski definition) is 3.